The van der Waals surface area contributed by atoms with E-state index in [0.717, 1.165) is 42.1 Å². The highest BCUT2D eigenvalue weighted by atomic mass is 32.1. The Kier molecular flexibility index (Phi) is 3.89. The van der Waals surface area contributed by atoms with Crippen molar-refractivity contribution >= 4 is 42.4 Å². The van der Waals surface area contributed by atoms with Crippen LogP contribution in [0.4, 0.5) is 0 Å². The third-order valence-electron chi connectivity index (χ3n) is 6.60. The number of fused-ring (bicyclic) bond motifs is 5. The average molecular weight is 411 g/mol. The first-order valence-corrected chi connectivity index (χ1v) is 11.6. The number of benzene rings is 2. The SMILES string of the molecule is [2H]C1(c2ccc3c(cnc4c5cc[n+](C)c(-c6ccccc6C)c5sc34)c2)CCCC1. The molecule has 0 saturated heterocycles. The summed E-state index contributed by atoms with van der Waals surface area (Å²) in [6.07, 6.45) is 8.41. The van der Waals surface area contributed by atoms with Crippen molar-refractivity contribution in [1.29, 1.82) is 0 Å². The molecule has 0 aliphatic heterocycles. The third-order valence-corrected chi connectivity index (χ3v) is 7.83. The lowest BCUT2D eigenvalue weighted by molar-refractivity contribution is -0.659. The zero-order chi connectivity index (χ0) is 21.2. The van der Waals surface area contributed by atoms with Gasteiger partial charge in [-0.3, -0.25) is 4.98 Å². The summed E-state index contributed by atoms with van der Waals surface area (Å²) >= 11 is 1.84. The molecule has 1 aliphatic carbocycles. The van der Waals surface area contributed by atoms with Crippen molar-refractivity contribution in [3.05, 3.63) is 72.1 Å². The monoisotopic (exact) mass is 410 g/mol. The predicted octanol–water partition coefficient (Wildman–Crippen LogP) is 7.06. The van der Waals surface area contributed by atoms with Gasteiger partial charge in [0, 0.05) is 29.8 Å². The first-order chi connectivity index (χ1) is 15.0. The summed E-state index contributed by atoms with van der Waals surface area (Å²) in [4.78, 5) is 4.91. The van der Waals surface area contributed by atoms with Crippen LogP contribution < -0.4 is 4.57 Å². The fourth-order valence-electron chi connectivity index (χ4n) is 4.97. The lowest BCUT2D eigenvalue weighted by Gasteiger charge is -2.10. The molecule has 0 bridgehead atoms. The van der Waals surface area contributed by atoms with Crippen LogP contribution in [0, 0.1) is 6.92 Å². The van der Waals surface area contributed by atoms with Gasteiger partial charge in [-0.05, 0) is 48.9 Å². The smallest absolute Gasteiger partial charge is 0.230 e. The highest BCUT2D eigenvalue weighted by Gasteiger charge is 2.22. The van der Waals surface area contributed by atoms with Gasteiger partial charge in [0.05, 0.1) is 15.8 Å². The molecular weight excluding hydrogens is 384 g/mol. The Morgan fingerprint density at radius 1 is 1.03 bits per heavy atom. The summed E-state index contributed by atoms with van der Waals surface area (Å²) in [5.74, 6) is -0.422. The molecule has 0 radical (unpaired) electrons. The molecule has 5 aromatic rings. The van der Waals surface area contributed by atoms with Gasteiger partial charge in [-0.25, -0.2) is 0 Å². The van der Waals surface area contributed by atoms with E-state index in [4.69, 9.17) is 6.35 Å². The number of thiophene rings is 1. The normalized spacial score (nSPS) is 16.5. The van der Waals surface area contributed by atoms with Crippen molar-refractivity contribution < 1.29 is 5.94 Å². The molecule has 148 valence electrons. The Bertz CT molecular complexity index is 1480. The van der Waals surface area contributed by atoms with Gasteiger partial charge in [0.25, 0.3) is 0 Å². The van der Waals surface area contributed by atoms with Crippen LogP contribution in [-0.2, 0) is 7.05 Å². The largest absolute Gasteiger partial charge is 0.254 e. The van der Waals surface area contributed by atoms with Crippen molar-refractivity contribution in [3.63, 3.8) is 0 Å². The molecule has 0 unspecified atom stereocenters. The Morgan fingerprint density at radius 3 is 2.70 bits per heavy atom. The fraction of sp³-hybridized carbons (Fsp3) is 0.259. The maximum absolute atomic E-state index is 8.89. The van der Waals surface area contributed by atoms with Gasteiger partial charge in [-0.2, -0.15) is 4.57 Å². The number of nitrogens with zero attached hydrogens (tertiary/aromatic N) is 2. The Morgan fingerprint density at radius 2 is 1.87 bits per heavy atom. The van der Waals surface area contributed by atoms with E-state index in [9.17, 15) is 0 Å². The van der Waals surface area contributed by atoms with Crippen molar-refractivity contribution in [3.8, 4) is 11.3 Å². The van der Waals surface area contributed by atoms with Crippen molar-refractivity contribution in [1.82, 2.24) is 4.98 Å². The minimum absolute atomic E-state index is 0.422. The number of aromatic nitrogens is 2. The number of hydrogen-bond acceptors (Lipinski definition) is 2. The summed E-state index contributed by atoms with van der Waals surface area (Å²) in [5, 5.41) is 3.61. The fourth-order valence-corrected chi connectivity index (χ4v) is 6.35. The molecule has 0 spiro atoms. The lowest BCUT2D eigenvalue weighted by Crippen LogP contribution is -2.30. The van der Waals surface area contributed by atoms with Crippen LogP contribution in [0.5, 0.6) is 0 Å². The van der Waals surface area contributed by atoms with Gasteiger partial charge >= 0.3 is 0 Å². The first kappa shape index (κ1) is 17.0. The first-order valence-electron chi connectivity index (χ1n) is 11.3. The maximum Gasteiger partial charge on any atom is 0.230 e. The van der Waals surface area contributed by atoms with E-state index in [1.54, 1.807) is 0 Å². The van der Waals surface area contributed by atoms with Crippen LogP contribution in [0.15, 0.2) is 60.9 Å². The maximum atomic E-state index is 8.89. The highest BCUT2D eigenvalue weighted by molar-refractivity contribution is 7.27. The minimum Gasteiger partial charge on any atom is -0.254 e. The summed E-state index contributed by atoms with van der Waals surface area (Å²) in [7, 11) is 2.12. The number of hydrogen-bond donors (Lipinski definition) is 0. The van der Waals surface area contributed by atoms with E-state index in [-0.39, 0.29) is 0 Å². The molecule has 3 heteroatoms. The van der Waals surface area contributed by atoms with E-state index in [1.165, 1.54) is 37.0 Å². The van der Waals surface area contributed by atoms with E-state index in [2.05, 4.69) is 73.3 Å². The minimum atomic E-state index is -0.422. The van der Waals surface area contributed by atoms with Crippen LogP contribution >= 0.6 is 11.3 Å². The van der Waals surface area contributed by atoms with Crippen LogP contribution in [0.1, 0.15) is 44.1 Å². The molecule has 3 heterocycles. The molecule has 6 rings (SSSR count). The van der Waals surface area contributed by atoms with E-state index < -0.39 is 5.89 Å². The molecule has 30 heavy (non-hydrogen) atoms. The van der Waals surface area contributed by atoms with Crippen molar-refractivity contribution in [2.45, 2.75) is 38.5 Å². The molecule has 0 amide bonds. The van der Waals surface area contributed by atoms with Crippen LogP contribution in [0.2, 0.25) is 0 Å². The second-order valence-electron chi connectivity index (χ2n) is 8.48. The number of aryl methyl sites for hydroxylation is 2. The van der Waals surface area contributed by atoms with Crippen LogP contribution in [0.3, 0.4) is 0 Å². The molecule has 1 aliphatic rings. The van der Waals surface area contributed by atoms with Crippen molar-refractivity contribution in [2.24, 2.45) is 7.05 Å². The molecule has 1 saturated carbocycles. The van der Waals surface area contributed by atoms with E-state index in [0.29, 0.717) is 0 Å². The summed E-state index contributed by atoms with van der Waals surface area (Å²) in [6, 6.07) is 17.4. The van der Waals surface area contributed by atoms with Crippen LogP contribution in [0.25, 0.3) is 42.3 Å². The summed E-state index contributed by atoms with van der Waals surface area (Å²) in [5.41, 5.74) is 6.03. The molecular formula is C27H25N2S+. The molecule has 0 N–H and O–H groups in total. The molecule has 0 atom stereocenters. The Balaban J connectivity index is 1.63. The van der Waals surface area contributed by atoms with Gasteiger partial charge in [0.2, 0.25) is 5.69 Å². The Hall–Kier alpha value is -2.78. The highest BCUT2D eigenvalue weighted by Crippen LogP contribution is 2.42. The quantitative estimate of drug-likeness (QED) is 0.285. The zero-order valence-corrected chi connectivity index (χ0v) is 18.2. The number of rotatable bonds is 2. The molecule has 2 aromatic carbocycles. The molecule has 1 fully saturated rings. The molecule has 3 aromatic heterocycles. The van der Waals surface area contributed by atoms with Gasteiger partial charge in [0.15, 0.2) is 6.20 Å². The predicted molar refractivity (Wildman–Crippen MR) is 127 cm³/mol. The van der Waals surface area contributed by atoms with Crippen molar-refractivity contribution in [2.75, 3.05) is 0 Å². The topological polar surface area (TPSA) is 16.8 Å². The van der Waals surface area contributed by atoms with Gasteiger partial charge in [-0.1, -0.05) is 43.2 Å². The lowest BCUT2D eigenvalue weighted by atomic mass is 9.95. The summed E-state index contributed by atoms with van der Waals surface area (Å²) in [6.45, 7) is 2.18. The van der Waals surface area contributed by atoms with Crippen LogP contribution in [-0.4, -0.2) is 4.98 Å². The number of pyridine rings is 2. The zero-order valence-electron chi connectivity index (χ0n) is 18.4. The third kappa shape index (κ3) is 2.69. The van der Waals surface area contributed by atoms with E-state index in [1.807, 2.05) is 17.5 Å². The molecule has 2 nitrogen and oxygen atoms in total. The van der Waals surface area contributed by atoms with E-state index >= 15 is 0 Å². The summed E-state index contributed by atoms with van der Waals surface area (Å²) < 4.78 is 13.6. The van der Waals surface area contributed by atoms with Gasteiger partial charge in [-0.15, -0.1) is 11.3 Å². The van der Waals surface area contributed by atoms with Gasteiger partial charge < -0.3 is 0 Å². The second kappa shape index (κ2) is 6.88. The standard InChI is InChI=1S/C27H25N2S/c1-17-7-3-6-10-21(17)25-27-23(13-14-29(25)2)24-26(30-27)22-12-11-19(15-20(22)16-28-24)18-8-4-5-9-18/h3,6-7,10-16,18H,4-5,8-9H2,1-2H3/q+1/i18D. The van der Waals surface area contributed by atoms with Gasteiger partial charge in [0.1, 0.15) is 11.7 Å². The Labute approximate surface area is 182 Å². The second-order valence-corrected chi connectivity index (χ2v) is 9.50. The average Bonchev–Trinajstić information content (AvgIpc) is 3.38.